The number of methoxy groups -OCH3 is 3. The summed E-state index contributed by atoms with van der Waals surface area (Å²) < 4.78 is 15.9. The second-order valence-corrected chi connectivity index (χ2v) is 9.58. The number of amides is 3. The quantitative estimate of drug-likeness (QED) is 0.146. The first-order chi connectivity index (χ1) is 18.5. The molecule has 210 valence electrons. The second kappa shape index (κ2) is 9.16. The van der Waals surface area contributed by atoms with Gasteiger partial charge in [0.15, 0.2) is 29.1 Å². The zero-order chi connectivity index (χ0) is 28.3. The highest BCUT2D eigenvalue weighted by atomic mass is 16.5. The molecule has 1 aromatic carbocycles. The molecule has 4 aliphatic heterocycles. The zero-order valence-electron chi connectivity index (χ0n) is 21.5. The molecule has 3 amide bonds. The Hall–Kier alpha value is -4.31. The lowest BCUT2D eigenvalue weighted by molar-refractivity contribution is -0.230. The third-order valence-electron chi connectivity index (χ3n) is 7.56. The number of rotatable bonds is 7. The third-order valence-corrected chi connectivity index (χ3v) is 7.56. The first-order valence-electron chi connectivity index (χ1n) is 12.1. The lowest BCUT2D eigenvalue weighted by atomic mass is 9.84. The van der Waals surface area contributed by atoms with Crippen LogP contribution in [0.3, 0.4) is 0 Å². The molecule has 4 heterocycles. The van der Waals surface area contributed by atoms with Crippen molar-refractivity contribution in [2.45, 2.75) is 42.4 Å². The largest absolute Gasteiger partial charge is 0.493 e. The van der Waals surface area contributed by atoms with Crippen LogP contribution in [-0.4, -0.2) is 114 Å². The molecular formula is C23H30N8O8. The number of nitrogens with one attached hydrogen (secondary N) is 2. The fourth-order valence-corrected chi connectivity index (χ4v) is 5.70. The predicted molar refractivity (Wildman–Crippen MR) is 134 cm³/mol. The molecule has 0 saturated carbocycles. The summed E-state index contributed by atoms with van der Waals surface area (Å²) in [7, 11) is 4.23. The van der Waals surface area contributed by atoms with E-state index >= 15 is 0 Å². The van der Waals surface area contributed by atoms with E-state index in [-0.39, 0.29) is 72.5 Å². The number of likely N-dealkylation sites (tertiary alicyclic amines) is 1. The Balaban J connectivity index is 1.46. The zero-order valence-corrected chi connectivity index (χ0v) is 21.5. The Bertz CT molecular complexity index is 1260. The molecule has 16 nitrogen and oxygen atoms in total. The molecule has 4 unspecified atom stereocenters. The standard InChI is InChI=1S/C23H30N8O8/c1-37-12-6-10(7-13(38-2)17(12)39-3)19(34)27-14-9-31-21(25)26-11(8-30-15(32)4-5-16(30)33)18-22(31,23(14,35)36)29-20(24)28-18/h6-7,11,14,18,35-36H,4-5,8-9H2,1-3H3,(H2,25,26)(H,27,34)(H3,24,28,29). The van der Waals surface area contributed by atoms with Crippen molar-refractivity contribution in [3.63, 3.8) is 0 Å². The van der Waals surface area contributed by atoms with Crippen molar-refractivity contribution >= 4 is 29.6 Å². The molecule has 2 fully saturated rings. The van der Waals surface area contributed by atoms with Crippen molar-refractivity contribution < 1.29 is 38.8 Å². The van der Waals surface area contributed by atoms with Gasteiger partial charge in [0.05, 0.1) is 33.9 Å². The summed E-state index contributed by atoms with van der Waals surface area (Å²) in [6, 6.07) is -0.473. The van der Waals surface area contributed by atoms with E-state index in [2.05, 4.69) is 20.6 Å². The molecule has 8 N–H and O–H groups in total. The maximum atomic E-state index is 13.3. The second-order valence-electron chi connectivity index (χ2n) is 9.58. The van der Waals surface area contributed by atoms with E-state index in [9.17, 15) is 24.6 Å². The van der Waals surface area contributed by atoms with Gasteiger partial charge in [0.2, 0.25) is 23.4 Å². The van der Waals surface area contributed by atoms with Crippen molar-refractivity contribution in [2.75, 3.05) is 34.4 Å². The van der Waals surface area contributed by atoms with E-state index in [4.69, 9.17) is 25.7 Å². The number of imide groups is 1. The summed E-state index contributed by atoms with van der Waals surface area (Å²) in [5, 5.41) is 28.6. The molecule has 0 radical (unpaired) electrons. The van der Waals surface area contributed by atoms with Gasteiger partial charge < -0.3 is 51.4 Å². The van der Waals surface area contributed by atoms with Crippen LogP contribution in [0.15, 0.2) is 22.1 Å². The van der Waals surface area contributed by atoms with Gasteiger partial charge >= 0.3 is 0 Å². The number of guanidine groups is 2. The summed E-state index contributed by atoms with van der Waals surface area (Å²) in [4.78, 5) is 49.0. The summed E-state index contributed by atoms with van der Waals surface area (Å²) in [5.41, 5.74) is 10.5. The Morgan fingerprint density at radius 1 is 1.10 bits per heavy atom. The Kier molecular flexibility index (Phi) is 6.18. The average Bonchev–Trinajstić information content (AvgIpc) is 3.50. The molecule has 0 aromatic heterocycles. The summed E-state index contributed by atoms with van der Waals surface area (Å²) in [5.74, 6) is -3.60. The first kappa shape index (κ1) is 26.3. The number of ether oxygens (including phenoxy) is 3. The van der Waals surface area contributed by atoms with Crippen molar-refractivity contribution in [1.29, 1.82) is 0 Å². The fourth-order valence-electron chi connectivity index (χ4n) is 5.70. The van der Waals surface area contributed by atoms with Crippen LogP contribution >= 0.6 is 0 Å². The molecule has 4 atom stereocenters. The monoisotopic (exact) mass is 546 g/mol. The van der Waals surface area contributed by atoms with Gasteiger partial charge in [-0.1, -0.05) is 0 Å². The summed E-state index contributed by atoms with van der Waals surface area (Å²) in [6.07, 6.45) is 0.157. The van der Waals surface area contributed by atoms with Gasteiger partial charge in [0, 0.05) is 24.9 Å². The van der Waals surface area contributed by atoms with Gasteiger partial charge in [-0.3, -0.25) is 19.3 Å². The minimum absolute atomic E-state index is 0.0787. The van der Waals surface area contributed by atoms with Crippen molar-refractivity contribution in [3.05, 3.63) is 17.7 Å². The normalized spacial score (nSPS) is 28.8. The number of aliphatic hydroxyl groups is 2. The van der Waals surface area contributed by atoms with Gasteiger partial charge in [-0.25, -0.2) is 9.98 Å². The number of aliphatic imine (C=N–C) groups is 2. The molecule has 16 heteroatoms. The third kappa shape index (κ3) is 3.77. The molecule has 2 saturated heterocycles. The smallest absolute Gasteiger partial charge is 0.252 e. The molecule has 1 aromatic rings. The number of carbonyl (C=O) groups is 3. The number of nitrogens with zero attached hydrogens (tertiary/aromatic N) is 4. The Morgan fingerprint density at radius 2 is 1.72 bits per heavy atom. The maximum absolute atomic E-state index is 13.3. The van der Waals surface area contributed by atoms with Crippen LogP contribution in [0, 0.1) is 0 Å². The van der Waals surface area contributed by atoms with Gasteiger partial charge in [-0.15, -0.1) is 0 Å². The minimum Gasteiger partial charge on any atom is -0.493 e. The lowest BCUT2D eigenvalue weighted by Gasteiger charge is -2.49. The van der Waals surface area contributed by atoms with Gasteiger partial charge in [0.25, 0.3) is 5.91 Å². The van der Waals surface area contributed by atoms with Gasteiger partial charge in [-0.05, 0) is 12.1 Å². The minimum atomic E-state index is -2.70. The van der Waals surface area contributed by atoms with Gasteiger partial charge in [-0.2, -0.15) is 0 Å². The average molecular weight is 547 g/mol. The van der Waals surface area contributed by atoms with Crippen LogP contribution in [0.2, 0.25) is 0 Å². The first-order valence-corrected chi connectivity index (χ1v) is 12.1. The highest BCUT2D eigenvalue weighted by molar-refractivity contribution is 6.02. The number of hydrogen-bond donors (Lipinski definition) is 6. The van der Waals surface area contributed by atoms with E-state index in [0.29, 0.717) is 0 Å². The van der Waals surface area contributed by atoms with E-state index in [0.717, 1.165) is 4.90 Å². The fraction of sp³-hybridized carbons (Fsp3) is 0.522. The molecule has 4 aliphatic rings. The molecule has 39 heavy (non-hydrogen) atoms. The van der Waals surface area contributed by atoms with Crippen LogP contribution in [0.4, 0.5) is 0 Å². The number of benzene rings is 1. The number of nitrogens with two attached hydrogens (primary N) is 2. The number of carbonyl (C=O) groups excluding carboxylic acids is 3. The van der Waals surface area contributed by atoms with E-state index in [1.54, 1.807) is 0 Å². The summed E-state index contributed by atoms with van der Waals surface area (Å²) in [6.45, 7) is -0.352. The van der Waals surface area contributed by atoms with Crippen molar-refractivity contribution in [3.8, 4) is 17.2 Å². The lowest BCUT2D eigenvalue weighted by Crippen LogP contribution is -2.78. The SMILES string of the molecule is COc1cc(C(=O)NC2CN3C(N)=NC(CN4C(=O)CCC4=O)C4N=C(N)NC43C2(O)O)cc(OC)c1OC. The van der Waals surface area contributed by atoms with Crippen LogP contribution < -0.4 is 36.3 Å². The van der Waals surface area contributed by atoms with Crippen LogP contribution in [-0.2, 0) is 9.59 Å². The van der Waals surface area contributed by atoms with Crippen molar-refractivity contribution in [2.24, 2.45) is 21.5 Å². The van der Waals surface area contributed by atoms with E-state index < -0.39 is 35.5 Å². The van der Waals surface area contributed by atoms with Crippen molar-refractivity contribution in [1.82, 2.24) is 20.4 Å². The van der Waals surface area contributed by atoms with Crippen LogP contribution in [0.25, 0.3) is 0 Å². The predicted octanol–water partition coefficient (Wildman–Crippen LogP) is -3.36. The van der Waals surface area contributed by atoms with Crippen LogP contribution in [0.5, 0.6) is 17.2 Å². The van der Waals surface area contributed by atoms with Gasteiger partial charge in [0.1, 0.15) is 12.1 Å². The molecule has 1 spiro atoms. The van der Waals surface area contributed by atoms with Crippen LogP contribution in [0.1, 0.15) is 23.2 Å². The Labute approximate surface area is 222 Å². The van der Waals surface area contributed by atoms with E-state index in [1.165, 1.54) is 38.4 Å². The van der Waals surface area contributed by atoms with E-state index in [1.807, 2.05) is 0 Å². The topological polar surface area (TPSA) is 227 Å². The maximum Gasteiger partial charge on any atom is 0.252 e. The summed E-state index contributed by atoms with van der Waals surface area (Å²) >= 11 is 0. The highest BCUT2D eigenvalue weighted by Gasteiger charge is 2.73. The highest BCUT2D eigenvalue weighted by Crippen LogP contribution is 2.45. The molecular weight excluding hydrogens is 516 g/mol. The number of hydrogen-bond acceptors (Lipinski definition) is 14. The molecule has 0 bridgehead atoms. The molecule has 5 rings (SSSR count). The molecule has 0 aliphatic carbocycles. The Morgan fingerprint density at radius 3 is 2.28 bits per heavy atom.